The first-order valence-corrected chi connectivity index (χ1v) is 14.3. The number of phenols is 1. The molecule has 1 saturated heterocycles. The molecule has 1 aliphatic heterocycles. The van der Waals surface area contributed by atoms with Crippen LogP contribution in [0.15, 0.2) is 66.7 Å². The lowest BCUT2D eigenvalue weighted by molar-refractivity contribution is -0.192. The van der Waals surface area contributed by atoms with E-state index >= 15 is 0 Å². The van der Waals surface area contributed by atoms with Gasteiger partial charge in [-0.3, -0.25) is 0 Å². The van der Waals surface area contributed by atoms with Crippen molar-refractivity contribution in [1.29, 1.82) is 0 Å². The molecule has 6 nitrogen and oxygen atoms in total. The number of unbranched alkanes of at least 4 members (excludes halogenated alkanes) is 5. The average Bonchev–Trinajstić information content (AvgIpc) is 2.95. The Labute approximate surface area is 232 Å². The summed E-state index contributed by atoms with van der Waals surface area (Å²) >= 11 is 0. The number of phenolic OH excluding ortho intramolecular Hbond substituents is 1. The quantitative estimate of drug-likeness (QED) is 0.183. The van der Waals surface area contributed by atoms with E-state index in [1.807, 2.05) is 48.5 Å². The monoisotopic (exact) mass is 534 g/mol. The van der Waals surface area contributed by atoms with Gasteiger partial charge < -0.3 is 29.2 Å². The van der Waals surface area contributed by atoms with Gasteiger partial charge in [0.05, 0.1) is 26.4 Å². The van der Waals surface area contributed by atoms with Crippen LogP contribution in [-0.2, 0) is 11.2 Å². The molecule has 1 aliphatic rings. The van der Waals surface area contributed by atoms with E-state index in [4.69, 9.17) is 18.9 Å². The highest BCUT2D eigenvalue weighted by Gasteiger charge is 2.37. The number of aliphatic hydroxyl groups is 1. The fourth-order valence-electron chi connectivity index (χ4n) is 4.46. The standard InChI is InChI=1S/C33H42O6/c1-2-3-9-28-22-31(18-19-32(28)34)38-21-8-6-4-5-7-20-37-29-14-10-26(11-15-29)27-12-16-30(17-13-27)39-25-33(35)23-36-24-33/h10-19,22,34-35H,2-9,20-21,23-25H2,1H3. The molecule has 6 heteroatoms. The molecule has 0 unspecified atom stereocenters. The van der Waals surface area contributed by atoms with Crippen LogP contribution in [-0.4, -0.2) is 48.8 Å². The summed E-state index contributed by atoms with van der Waals surface area (Å²) in [6, 6.07) is 21.6. The summed E-state index contributed by atoms with van der Waals surface area (Å²) in [5.74, 6) is 2.83. The van der Waals surface area contributed by atoms with Crippen molar-refractivity contribution in [2.75, 3.05) is 33.0 Å². The maximum atomic E-state index is 10.1. The van der Waals surface area contributed by atoms with Crippen LogP contribution < -0.4 is 14.2 Å². The second-order valence-corrected chi connectivity index (χ2v) is 10.4. The van der Waals surface area contributed by atoms with E-state index in [1.54, 1.807) is 6.07 Å². The van der Waals surface area contributed by atoms with E-state index in [9.17, 15) is 10.2 Å². The van der Waals surface area contributed by atoms with E-state index in [-0.39, 0.29) is 6.61 Å². The molecule has 0 radical (unpaired) electrons. The van der Waals surface area contributed by atoms with Gasteiger partial charge in [-0.05, 0) is 84.8 Å². The molecule has 1 fully saturated rings. The van der Waals surface area contributed by atoms with Crippen molar-refractivity contribution < 1.29 is 29.2 Å². The van der Waals surface area contributed by atoms with Crippen LogP contribution in [0.5, 0.6) is 23.0 Å². The van der Waals surface area contributed by atoms with Crippen LogP contribution >= 0.6 is 0 Å². The molecule has 0 spiro atoms. The predicted octanol–water partition coefficient (Wildman–Crippen LogP) is 6.95. The van der Waals surface area contributed by atoms with Crippen LogP contribution in [0, 0.1) is 0 Å². The van der Waals surface area contributed by atoms with Gasteiger partial charge in [-0.1, -0.05) is 56.9 Å². The molecule has 0 aromatic heterocycles. The van der Waals surface area contributed by atoms with Gasteiger partial charge in [0.1, 0.15) is 35.2 Å². The zero-order chi connectivity index (χ0) is 27.3. The Morgan fingerprint density at radius 3 is 1.79 bits per heavy atom. The van der Waals surface area contributed by atoms with Gasteiger partial charge in [-0.2, -0.15) is 0 Å². The Morgan fingerprint density at radius 2 is 1.23 bits per heavy atom. The van der Waals surface area contributed by atoms with Crippen molar-refractivity contribution in [2.45, 2.75) is 63.9 Å². The van der Waals surface area contributed by atoms with E-state index < -0.39 is 5.60 Å². The number of rotatable bonds is 17. The predicted molar refractivity (Wildman–Crippen MR) is 154 cm³/mol. The van der Waals surface area contributed by atoms with Gasteiger partial charge >= 0.3 is 0 Å². The lowest BCUT2D eigenvalue weighted by Gasteiger charge is -2.35. The highest BCUT2D eigenvalue weighted by atomic mass is 16.6. The minimum atomic E-state index is -0.850. The molecule has 0 amide bonds. The maximum Gasteiger partial charge on any atom is 0.145 e. The third-order valence-electron chi connectivity index (χ3n) is 6.97. The third kappa shape index (κ3) is 9.19. The summed E-state index contributed by atoms with van der Waals surface area (Å²) in [5.41, 5.74) is 2.34. The lowest BCUT2D eigenvalue weighted by atomic mass is 10.0. The van der Waals surface area contributed by atoms with Crippen molar-refractivity contribution >= 4 is 0 Å². The van der Waals surface area contributed by atoms with E-state index in [1.165, 1.54) is 0 Å². The SMILES string of the molecule is CCCCc1cc(OCCCCCCCOc2ccc(-c3ccc(OCC4(O)COC4)cc3)cc2)ccc1O. The molecule has 0 bridgehead atoms. The summed E-state index contributed by atoms with van der Waals surface area (Å²) < 4.78 is 22.6. The first-order valence-electron chi connectivity index (χ1n) is 14.3. The van der Waals surface area contributed by atoms with Gasteiger partial charge in [0.25, 0.3) is 0 Å². The normalized spacial score (nSPS) is 14.0. The molecular formula is C33H42O6. The van der Waals surface area contributed by atoms with Crippen molar-refractivity contribution in [3.05, 3.63) is 72.3 Å². The number of aromatic hydroxyl groups is 1. The molecule has 39 heavy (non-hydrogen) atoms. The van der Waals surface area contributed by atoms with Gasteiger partial charge in [0.15, 0.2) is 0 Å². The average molecular weight is 535 g/mol. The maximum absolute atomic E-state index is 10.1. The Kier molecular flexibility index (Phi) is 10.9. The third-order valence-corrected chi connectivity index (χ3v) is 6.97. The molecule has 0 atom stereocenters. The topological polar surface area (TPSA) is 77.4 Å². The van der Waals surface area contributed by atoms with E-state index in [0.29, 0.717) is 32.2 Å². The van der Waals surface area contributed by atoms with Crippen molar-refractivity contribution in [2.24, 2.45) is 0 Å². The first-order chi connectivity index (χ1) is 19.0. The summed E-state index contributed by atoms with van der Waals surface area (Å²) in [6.45, 7) is 4.48. The van der Waals surface area contributed by atoms with Gasteiger partial charge in [0, 0.05) is 0 Å². The summed E-state index contributed by atoms with van der Waals surface area (Å²) in [5, 5.41) is 20.0. The molecule has 1 heterocycles. The van der Waals surface area contributed by atoms with Gasteiger partial charge in [0.2, 0.25) is 0 Å². The molecular weight excluding hydrogens is 492 g/mol. The van der Waals surface area contributed by atoms with E-state index in [2.05, 4.69) is 19.1 Å². The summed E-state index contributed by atoms with van der Waals surface area (Å²) in [4.78, 5) is 0. The summed E-state index contributed by atoms with van der Waals surface area (Å²) in [7, 11) is 0. The highest BCUT2D eigenvalue weighted by molar-refractivity contribution is 5.64. The second kappa shape index (κ2) is 14.8. The lowest BCUT2D eigenvalue weighted by Crippen LogP contribution is -2.53. The molecule has 0 aliphatic carbocycles. The Morgan fingerprint density at radius 1 is 0.692 bits per heavy atom. The largest absolute Gasteiger partial charge is 0.508 e. The number of hydrogen-bond acceptors (Lipinski definition) is 6. The number of hydrogen-bond donors (Lipinski definition) is 2. The fourth-order valence-corrected chi connectivity index (χ4v) is 4.46. The number of aryl methyl sites for hydroxylation is 1. The fraction of sp³-hybridized carbons (Fsp3) is 0.455. The minimum Gasteiger partial charge on any atom is -0.508 e. The minimum absolute atomic E-state index is 0.244. The van der Waals surface area contributed by atoms with Crippen LogP contribution in [0.4, 0.5) is 0 Å². The van der Waals surface area contributed by atoms with E-state index in [0.717, 1.165) is 85.3 Å². The smallest absolute Gasteiger partial charge is 0.145 e. The zero-order valence-electron chi connectivity index (χ0n) is 23.1. The van der Waals surface area contributed by atoms with Crippen molar-refractivity contribution in [3.8, 4) is 34.1 Å². The Hall–Kier alpha value is -3.22. The van der Waals surface area contributed by atoms with Crippen molar-refractivity contribution in [1.82, 2.24) is 0 Å². The molecule has 3 aromatic carbocycles. The highest BCUT2D eigenvalue weighted by Crippen LogP contribution is 2.27. The summed E-state index contributed by atoms with van der Waals surface area (Å²) in [6.07, 6.45) is 8.56. The van der Waals surface area contributed by atoms with Crippen LogP contribution in [0.3, 0.4) is 0 Å². The molecule has 2 N–H and O–H groups in total. The van der Waals surface area contributed by atoms with Gasteiger partial charge in [-0.15, -0.1) is 0 Å². The molecule has 3 aromatic rings. The zero-order valence-corrected chi connectivity index (χ0v) is 23.1. The Bertz CT molecular complexity index is 1120. The molecule has 0 saturated carbocycles. The molecule has 210 valence electrons. The Balaban J connectivity index is 1.06. The van der Waals surface area contributed by atoms with Crippen LogP contribution in [0.2, 0.25) is 0 Å². The second-order valence-electron chi connectivity index (χ2n) is 10.4. The van der Waals surface area contributed by atoms with Crippen molar-refractivity contribution in [3.63, 3.8) is 0 Å². The first kappa shape index (κ1) is 28.8. The van der Waals surface area contributed by atoms with Crippen LogP contribution in [0.1, 0.15) is 57.4 Å². The van der Waals surface area contributed by atoms with Crippen LogP contribution in [0.25, 0.3) is 11.1 Å². The number of ether oxygens (including phenoxy) is 4. The van der Waals surface area contributed by atoms with Gasteiger partial charge in [-0.25, -0.2) is 0 Å². The molecule has 4 rings (SSSR count). The number of benzene rings is 3.